The molecule has 1 heteroatoms. The van der Waals surface area contributed by atoms with Gasteiger partial charge in [-0.25, -0.2) is 4.39 Å². The number of halogens is 1. The van der Waals surface area contributed by atoms with E-state index in [1.165, 1.54) is 27.8 Å². The Morgan fingerprint density at radius 2 is 1.96 bits per heavy atom. The van der Waals surface area contributed by atoms with Crippen LogP contribution in [0.4, 0.5) is 4.39 Å². The molecule has 124 valence electrons. The van der Waals surface area contributed by atoms with Crippen LogP contribution >= 0.6 is 0 Å². The van der Waals surface area contributed by atoms with Crippen LogP contribution in [-0.4, -0.2) is 6.17 Å². The van der Waals surface area contributed by atoms with Crippen LogP contribution in [0.25, 0.3) is 0 Å². The Morgan fingerprint density at radius 1 is 1.22 bits per heavy atom. The van der Waals surface area contributed by atoms with Gasteiger partial charge in [0.1, 0.15) is 6.17 Å². The van der Waals surface area contributed by atoms with E-state index in [9.17, 15) is 4.39 Å². The molecular formula is C22H29F. The third kappa shape index (κ3) is 4.67. The summed E-state index contributed by atoms with van der Waals surface area (Å²) in [6.07, 6.45) is 7.24. The van der Waals surface area contributed by atoms with Gasteiger partial charge in [0.05, 0.1) is 0 Å². The first-order valence-electron chi connectivity index (χ1n) is 8.50. The van der Waals surface area contributed by atoms with Crippen LogP contribution < -0.4 is 0 Å². The summed E-state index contributed by atoms with van der Waals surface area (Å²) < 4.78 is 13.7. The van der Waals surface area contributed by atoms with E-state index < -0.39 is 6.17 Å². The van der Waals surface area contributed by atoms with E-state index in [1.807, 2.05) is 6.08 Å². The number of benzene rings is 1. The number of hydrogen-bond donors (Lipinski definition) is 0. The van der Waals surface area contributed by atoms with Gasteiger partial charge in [0.2, 0.25) is 0 Å². The smallest absolute Gasteiger partial charge is 0.122 e. The Labute approximate surface area is 140 Å². The highest BCUT2D eigenvalue weighted by Gasteiger charge is 2.29. The van der Waals surface area contributed by atoms with Gasteiger partial charge in [-0.2, -0.15) is 0 Å². The fraction of sp³-hybridized carbons (Fsp3) is 0.455. The molecule has 1 aromatic carbocycles. The van der Waals surface area contributed by atoms with Crippen molar-refractivity contribution in [3.63, 3.8) is 0 Å². The SMILES string of the molecule is CC(C)=C(C)C(C)(CC1=CC=CC(F)C1)Cc1cccc(C)c1. The van der Waals surface area contributed by atoms with E-state index in [-0.39, 0.29) is 5.41 Å². The molecule has 0 aliphatic heterocycles. The molecule has 1 aliphatic rings. The van der Waals surface area contributed by atoms with Crippen molar-refractivity contribution in [3.8, 4) is 0 Å². The first-order valence-corrected chi connectivity index (χ1v) is 8.50. The summed E-state index contributed by atoms with van der Waals surface area (Å²) in [4.78, 5) is 0. The maximum atomic E-state index is 13.7. The van der Waals surface area contributed by atoms with Crippen molar-refractivity contribution in [3.05, 3.63) is 70.3 Å². The average Bonchev–Trinajstić information content (AvgIpc) is 2.46. The lowest BCUT2D eigenvalue weighted by molar-refractivity contribution is 0.351. The molecule has 0 saturated carbocycles. The Hall–Kier alpha value is -1.63. The average molecular weight is 312 g/mol. The molecular weight excluding hydrogens is 283 g/mol. The molecule has 2 atom stereocenters. The number of allylic oxidation sites excluding steroid dienone is 6. The monoisotopic (exact) mass is 312 g/mol. The van der Waals surface area contributed by atoms with Crippen molar-refractivity contribution in [2.45, 2.75) is 60.1 Å². The molecule has 0 spiro atoms. The van der Waals surface area contributed by atoms with Gasteiger partial charge in [-0.05, 0) is 51.5 Å². The Morgan fingerprint density at radius 3 is 2.57 bits per heavy atom. The molecule has 2 rings (SSSR count). The van der Waals surface area contributed by atoms with Crippen molar-refractivity contribution in [1.82, 2.24) is 0 Å². The molecule has 0 fully saturated rings. The number of aryl methyl sites for hydroxylation is 1. The molecule has 0 saturated heterocycles. The quantitative estimate of drug-likeness (QED) is 0.543. The molecule has 2 unspecified atom stereocenters. The standard InChI is InChI=1S/C22H29F/c1-16(2)18(4)22(5,14-19-9-6-8-17(3)12-19)15-20-10-7-11-21(23)13-20/h6-12,21H,13-15H2,1-5H3. The molecule has 0 radical (unpaired) electrons. The second-order valence-corrected chi connectivity index (χ2v) is 7.46. The minimum absolute atomic E-state index is 0.0311. The maximum Gasteiger partial charge on any atom is 0.122 e. The predicted octanol–water partition coefficient (Wildman–Crippen LogP) is 6.51. The molecule has 0 bridgehead atoms. The Kier molecular flexibility index (Phi) is 5.62. The maximum absolute atomic E-state index is 13.7. The second-order valence-electron chi connectivity index (χ2n) is 7.46. The summed E-state index contributed by atoms with van der Waals surface area (Å²) in [5, 5.41) is 0. The first kappa shape index (κ1) is 17.7. The zero-order chi connectivity index (χ0) is 17.0. The zero-order valence-corrected chi connectivity index (χ0v) is 15.1. The Bertz CT molecular complexity index is 644. The minimum atomic E-state index is -0.828. The fourth-order valence-corrected chi connectivity index (χ4v) is 3.53. The highest BCUT2D eigenvalue weighted by atomic mass is 19.1. The molecule has 0 heterocycles. The topological polar surface area (TPSA) is 0 Å². The van der Waals surface area contributed by atoms with E-state index >= 15 is 0 Å². The van der Waals surface area contributed by atoms with Crippen LogP contribution in [-0.2, 0) is 6.42 Å². The summed E-state index contributed by atoms with van der Waals surface area (Å²) in [5.74, 6) is 0. The summed E-state index contributed by atoms with van der Waals surface area (Å²) in [5.41, 5.74) is 6.69. The molecule has 0 amide bonds. The highest BCUT2D eigenvalue weighted by molar-refractivity contribution is 5.30. The summed E-state index contributed by atoms with van der Waals surface area (Å²) in [7, 11) is 0. The lowest BCUT2D eigenvalue weighted by Crippen LogP contribution is -2.24. The molecule has 1 aromatic rings. The normalized spacial score (nSPS) is 19.9. The van der Waals surface area contributed by atoms with Crippen LogP contribution in [0.3, 0.4) is 0 Å². The van der Waals surface area contributed by atoms with Crippen molar-refractivity contribution in [2.24, 2.45) is 5.41 Å². The van der Waals surface area contributed by atoms with E-state index in [1.54, 1.807) is 6.08 Å². The van der Waals surface area contributed by atoms with Crippen molar-refractivity contribution < 1.29 is 4.39 Å². The Balaban J connectivity index is 2.31. The lowest BCUT2D eigenvalue weighted by atomic mass is 9.70. The molecule has 0 N–H and O–H groups in total. The van der Waals surface area contributed by atoms with Crippen LogP contribution in [0.1, 0.15) is 51.7 Å². The van der Waals surface area contributed by atoms with Crippen molar-refractivity contribution >= 4 is 0 Å². The number of rotatable bonds is 5. The fourth-order valence-electron chi connectivity index (χ4n) is 3.53. The van der Waals surface area contributed by atoms with Gasteiger partial charge < -0.3 is 0 Å². The molecule has 0 nitrogen and oxygen atoms in total. The number of alkyl halides is 1. The third-order valence-electron chi connectivity index (χ3n) is 5.06. The second kappa shape index (κ2) is 7.29. The van der Waals surface area contributed by atoms with E-state index in [4.69, 9.17) is 0 Å². The molecule has 0 aromatic heterocycles. The van der Waals surface area contributed by atoms with Crippen molar-refractivity contribution in [2.75, 3.05) is 0 Å². The first-order chi connectivity index (χ1) is 10.8. The summed E-state index contributed by atoms with van der Waals surface area (Å²) in [6, 6.07) is 8.74. The van der Waals surface area contributed by atoms with E-state index in [0.29, 0.717) is 6.42 Å². The highest BCUT2D eigenvalue weighted by Crippen LogP contribution is 2.40. The third-order valence-corrected chi connectivity index (χ3v) is 5.06. The minimum Gasteiger partial charge on any atom is -0.243 e. The predicted molar refractivity (Wildman–Crippen MR) is 98.4 cm³/mol. The van der Waals surface area contributed by atoms with Gasteiger partial charge in [-0.1, -0.05) is 71.7 Å². The van der Waals surface area contributed by atoms with Crippen molar-refractivity contribution in [1.29, 1.82) is 0 Å². The van der Waals surface area contributed by atoms with Gasteiger partial charge in [0.15, 0.2) is 0 Å². The molecule has 23 heavy (non-hydrogen) atoms. The largest absolute Gasteiger partial charge is 0.243 e. The van der Waals surface area contributed by atoms with Crippen LogP contribution in [0.2, 0.25) is 0 Å². The van der Waals surface area contributed by atoms with Gasteiger partial charge in [-0.15, -0.1) is 0 Å². The van der Waals surface area contributed by atoms with Crippen LogP contribution in [0.5, 0.6) is 0 Å². The zero-order valence-electron chi connectivity index (χ0n) is 15.1. The lowest BCUT2D eigenvalue weighted by Gasteiger charge is -2.34. The van der Waals surface area contributed by atoms with Gasteiger partial charge in [0, 0.05) is 6.42 Å². The number of hydrogen-bond acceptors (Lipinski definition) is 0. The van der Waals surface area contributed by atoms with Gasteiger partial charge in [-0.3, -0.25) is 0 Å². The van der Waals surface area contributed by atoms with E-state index in [0.717, 1.165) is 12.8 Å². The van der Waals surface area contributed by atoms with Crippen LogP contribution in [0.15, 0.2) is 59.2 Å². The van der Waals surface area contributed by atoms with Crippen LogP contribution in [0, 0.1) is 12.3 Å². The van der Waals surface area contributed by atoms with Gasteiger partial charge >= 0.3 is 0 Å². The van der Waals surface area contributed by atoms with Gasteiger partial charge in [0.25, 0.3) is 0 Å². The summed E-state index contributed by atoms with van der Waals surface area (Å²) >= 11 is 0. The summed E-state index contributed by atoms with van der Waals surface area (Å²) in [6.45, 7) is 11.0. The van der Waals surface area contributed by atoms with E-state index in [2.05, 4.69) is 65.0 Å². The molecule has 1 aliphatic carbocycles.